The zero-order chi connectivity index (χ0) is 15.1. The number of anilines is 1. The number of pyridine rings is 1. The van der Waals surface area contributed by atoms with Crippen molar-refractivity contribution in [3.8, 4) is 0 Å². The van der Waals surface area contributed by atoms with Gasteiger partial charge >= 0.3 is 0 Å². The van der Waals surface area contributed by atoms with Crippen molar-refractivity contribution >= 4 is 17.2 Å². The molecule has 1 N–H and O–H groups in total. The van der Waals surface area contributed by atoms with Gasteiger partial charge in [-0.25, -0.2) is 4.98 Å². The van der Waals surface area contributed by atoms with Gasteiger partial charge in [0.15, 0.2) is 0 Å². The molecule has 2 aromatic rings. The van der Waals surface area contributed by atoms with Crippen LogP contribution in [0.5, 0.6) is 0 Å². The summed E-state index contributed by atoms with van der Waals surface area (Å²) >= 11 is 1.82. The lowest BCUT2D eigenvalue weighted by molar-refractivity contribution is 0.551. The molecule has 0 amide bonds. The molecule has 0 aliphatic rings. The van der Waals surface area contributed by atoms with Gasteiger partial charge in [-0.1, -0.05) is 26.0 Å². The summed E-state index contributed by atoms with van der Waals surface area (Å²) in [6, 6.07) is 8.49. The molecule has 0 saturated carbocycles. The van der Waals surface area contributed by atoms with Crippen LogP contribution >= 0.6 is 11.3 Å². The Morgan fingerprint density at radius 3 is 2.86 bits per heavy atom. The van der Waals surface area contributed by atoms with Crippen molar-refractivity contribution in [1.29, 1.82) is 0 Å². The predicted octanol–water partition coefficient (Wildman–Crippen LogP) is 3.57. The Morgan fingerprint density at radius 2 is 2.14 bits per heavy atom. The molecule has 0 spiro atoms. The fraction of sp³-hybridized carbons (Fsp3) is 0.471. The molecule has 2 rings (SSSR count). The van der Waals surface area contributed by atoms with E-state index in [-0.39, 0.29) is 0 Å². The number of likely N-dealkylation sites (N-methyl/N-ethyl adjacent to an activating group) is 1. The second kappa shape index (κ2) is 8.15. The van der Waals surface area contributed by atoms with E-state index < -0.39 is 0 Å². The second-order valence-electron chi connectivity index (χ2n) is 5.76. The first-order valence-corrected chi connectivity index (χ1v) is 8.43. The molecule has 0 aliphatic heterocycles. The minimum atomic E-state index is 0.668. The summed E-state index contributed by atoms with van der Waals surface area (Å²) in [4.78, 5) is 8.25. The predicted molar refractivity (Wildman–Crippen MR) is 92.1 cm³/mol. The maximum atomic E-state index is 4.57. The Balaban J connectivity index is 1.94. The van der Waals surface area contributed by atoms with Crippen LogP contribution in [-0.4, -0.2) is 25.1 Å². The maximum Gasteiger partial charge on any atom is 0.132 e. The van der Waals surface area contributed by atoms with Gasteiger partial charge in [0, 0.05) is 36.8 Å². The molecule has 0 saturated heterocycles. The molecule has 0 bridgehead atoms. The average Bonchev–Trinajstić information content (AvgIpc) is 2.98. The molecule has 0 atom stereocenters. The number of nitrogens with one attached hydrogen (secondary N) is 1. The number of aromatic nitrogens is 1. The number of thiophene rings is 1. The monoisotopic (exact) mass is 303 g/mol. The quantitative estimate of drug-likeness (QED) is 0.808. The van der Waals surface area contributed by atoms with Crippen molar-refractivity contribution in [3.05, 3.63) is 46.3 Å². The summed E-state index contributed by atoms with van der Waals surface area (Å²) in [5.74, 6) is 1.76. The fourth-order valence-electron chi connectivity index (χ4n) is 2.25. The van der Waals surface area contributed by atoms with E-state index in [9.17, 15) is 0 Å². The van der Waals surface area contributed by atoms with Gasteiger partial charge in [-0.2, -0.15) is 0 Å². The van der Waals surface area contributed by atoms with Gasteiger partial charge in [-0.05, 0) is 36.4 Å². The molecular weight excluding hydrogens is 278 g/mol. The van der Waals surface area contributed by atoms with Crippen LogP contribution < -0.4 is 10.2 Å². The summed E-state index contributed by atoms with van der Waals surface area (Å²) in [6.45, 7) is 7.36. The third kappa shape index (κ3) is 5.14. The Bertz CT molecular complexity index is 523. The number of hydrogen-bond donors (Lipinski definition) is 1. The molecule has 0 aliphatic carbocycles. The van der Waals surface area contributed by atoms with Crippen molar-refractivity contribution in [1.82, 2.24) is 10.3 Å². The minimum Gasteiger partial charge on any atom is -0.359 e. The van der Waals surface area contributed by atoms with Crippen molar-refractivity contribution in [2.24, 2.45) is 5.92 Å². The van der Waals surface area contributed by atoms with Gasteiger partial charge in [0.05, 0.1) is 0 Å². The zero-order valence-corrected chi connectivity index (χ0v) is 14.0. The number of hydrogen-bond acceptors (Lipinski definition) is 4. The summed E-state index contributed by atoms with van der Waals surface area (Å²) < 4.78 is 0. The number of nitrogens with zero attached hydrogens (tertiary/aromatic N) is 2. The first-order chi connectivity index (χ1) is 10.2. The summed E-state index contributed by atoms with van der Waals surface area (Å²) in [5.41, 5.74) is 1.27. The Morgan fingerprint density at radius 1 is 1.29 bits per heavy atom. The minimum absolute atomic E-state index is 0.668. The summed E-state index contributed by atoms with van der Waals surface area (Å²) in [6.07, 6.45) is 2.95. The van der Waals surface area contributed by atoms with Crippen molar-refractivity contribution in [2.45, 2.75) is 26.8 Å². The zero-order valence-electron chi connectivity index (χ0n) is 13.2. The van der Waals surface area contributed by atoms with E-state index >= 15 is 0 Å². The van der Waals surface area contributed by atoms with E-state index in [0.717, 1.165) is 31.9 Å². The van der Waals surface area contributed by atoms with E-state index in [2.05, 4.69) is 59.7 Å². The topological polar surface area (TPSA) is 28.2 Å². The SMILES string of the molecule is CC(C)CNCc1cccnc1N(C)CCc1cccs1. The van der Waals surface area contributed by atoms with E-state index in [1.807, 2.05) is 23.6 Å². The van der Waals surface area contributed by atoms with Crippen LogP contribution in [-0.2, 0) is 13.0 Å². The van der Waals surface area contributed by atoms with E-state index in [4.69, 9.17) is 0 Å². The van der Waals surface area contributed by atoms with Crippen molar-refractivity contribution in [2.75, 3.05) is 25.0 Å². The first-order valence-electron chi connectivity index (χ1n) is 7.55. The Labute approximate surface area is 132 Å². The largest absolute Gasteiger partial charge is 0.359 e. The van der Waals surface area contributed by atoms with E-state index in [1.54, 1.807) is 0 Å². The van der Waals surface area contributed by atoms with Gasteiger partial charge in [0.25, 0.3) is 0 Å². The molecule has 0 fully saturated rings. The summed E-state index contributed by atoms with van der Waals surface area (Å²) in [7, 11) is 2.13. The smallest absolute Gasteiger partial charge is 0.132 e. The van der Waals surface area contributed by atoms with E-state index in [0.29, 0.717) is 5.92 Å². The van der Waals surface area contributed by atoms with Crippen molar-refractivity contribution in [3.63, 3.8) is 0 Å². The highest BCUT2D eigenvalue weighted by atomic mass is 32.1. The molecule has 2 aromatic heterocycles. The lowest BCUT2D eigenvalue weighted by atomic mass is 10.2. The number of rotatable bonds is 8. The lowest BCUT2D eigenvalue weighted by Crippen LogP contribution is -2.25. The van der Waals surface area contributed by atoms with Crippen LogP contribution in [0.3, 0.4) is 0 Å². The van der Waals surface area contributed by atoms with Crippen LogP contribution in [0.15, 0.2) is 35.8 Å². The summed E-state index contributed by atoms with van der Waals surface area (Å²) in [5, 5.41) is 5.64. The third-order valence-electron chi connectivity index (χ3n) is 3.37. The van der Waals surface area contributed by atoms with Gasteiger partial charge < -0.3 is 10.2 Å². The van der Waals surface area contributed by atoms with Gasteiger partial charge in [0.1, 0.15) is 5.82 Å². The van der Waals surface area contributed by atoms with Crippen molar-refractivity contribution < 1.29 is 0 Å². The molecule has 0 unspecified atom stereocenters. The molecule has 114 valence electrons. The van der Waals surface area contributed by atoms with Crippen LogP contribution in [0, 0.1) is 5.92 Å². The van der Waals surface area contributed by atoms with E-state index in [1.165, 1.54) is 10.4 Å². The van der Waals surface area contributed by atoms with Crippen LogP contribution in [0.2, 0.25) is 0 Å². The first kappa shape index (κ1) is 16.0. The maximum absolute atomic E-state index is 4.57. The Kier molecular flexibility index (Phi) is 6.21. The van der Waals surface area contributed by atoms with Crippen LogP contribution in [0.25, 0.3) is 0 Å². The average molecular weight is 303 g/mol. The molecule has 4 heteroatoms. The lowest BCUT2D eigenvalue weighted by Gasteiger charge is -2.21. The molecule has 3 nitrogen and oxygen atoms in total. The fourth-order valence-corrected chi connectivity index (χ4v) is 2.94. The normalized spacial score (nSPS) is 11.0. The molecule has 0 radical (unpaired) electrons. The third-order valence-corrected chi connectivity index (χ3v) is 4.31. The second-order valence-corrected chi connectivity index (χ2v) is 6.79. The highest BCUT2D eigenvalue weighted by Gasteiger charge is 2.09. The molecule has 21 heavy (non-hydrogen) atoms. The molecule has 0 aromatic carbocycles. The van der Waals surface area contributed by atoms with Crippen LogP contribution in [0.4, 0.5) is 5.82 Å². The molecule has 2 heterocycles. The van der Waals surface area contributed by atoms with Gasteiger partial charge in [-0.3, -0.25) is 0 Å². The standard InChI is InChI=1S/C17H25N3S/c1-14(2)12-18-13-15-6-4-9-19-17(15)20(3)10-8-16-7-5-11-21-16/h4-7,9,11,14,18H,8,10,12-13H2,1-3H3. The molecular formula is C17H25N3S. The van der Waals surface area contributed by atoms with Gasteiger partial charge in [0.2, 0.25) is 0 Å². The highest BCUT2D eigenvalue weighted by molar-refractivity contribution is 7.09. The van der Waals surface area contributed by atoms with Gasteiger partial charge in [-0.15, -0.1) is 11.3 Å². The Hall–Kier alpha value is -1.39. The van der Waals surface area contributed by atoms with Crippen LogP contribution in [0.1, 0.15) is 24.3 Å². The highest BCUT2D eigenvalue weighted by Crippen LogP contribution is 2.17.